The van der Waals surface area contributed by atoms with E-state index >= 15 is 0 Å². The first-order valence-electron chi connectivity index (χ1n) is 8.18. The molecule has 0 radical (unpaired) electrons. The Kier molecular flexibility index (Phi) is 5.69. The molecule has 0 bridgehead atoms. The predicted octanol–water partition coefficient (Wildman–Crippen LogP) is 3.76. The summed E-state index contributed by atoms with van der Waals surface area (Å²) in [5.41, 5.74) is 3.55. The summed E-state index contributed by atoms with van der Waals surface area (Å²) >= 11 is 1.39. The lowest BCUT2D eigenvalue weighted by molar-refractivity contribution is -0.134. The number of hydrogen-bond donors (Lipinski definition) is 0. The summed E-state index contributed by atoms with van der Waals surface area (Å²) in [5.74, 6) is 0.495. The van der Waals surface area contributed by atoms with Crippen LogP contribution in [0.15, 0.2) is 5.03 Å². The van der Waals surface area contributed by atoms with Crippen molar-refractivity contribution in [3.8, 4) is 6.07 Å². The Morgan fingerprint density at radius 2 is 1.87 bits per heavy atom. The van der Waals surface area contributed by atoms with Gasteiger partial charge in [-0.2, -0.15) is 5.26 Å². The van der Waals surface area contributed by atoms with E-state index in [4.69, 9.17) is 0 Å². The zero-order chi connectivity index (χ0) is 17.1. The van der Waals surface area contributed by atoms with Crippen molar-refractivity contribution in [1.29, 1.82) is 5.26 Å². The van der Waals surface area contributed by atoms with E-state index in [1.165, 1.54) is 18.2 Å². The number of rotatable bonds is 3. The van der Waals surface area contributed by atoms with E-state index in [1.807, 2.05) is 25.7 Å². The van der Waals surface area contributed by atoms with Gasteiger partial charge in [0.05, 0.1) is 11.3 Å². The molecule has 0 unspecified atom stereocenters. The largest absolute Gasteiger partial charge is 0.337 e. The maximum Gasteiger partial charge on any atom is 0.233 e. The lowest BCUT2D eigenvalue weighted by Crippen LogP contribution is -2.48. The number of likely N-dealkylation sites (tertiary alicyclic amines) is 1. The Hall–Kier alpha value is -1.54. The number of amides is 1. The summed E-state index contributed by atoms with van der Waals surface area (Å²) in [5, 5.41) is 10.1. The van der Waals surface area contributed by atoms with Gasteiger partial charge < -0.3 is 4.90 Å². The summed E-state index contributed by atoms with van der Waals surface area (Å²) < 4.78 is 0. The van der Waals surface area contributed by atoms with Gasteiger partial charge in [0.2, 0.25) is 5.91 Å². The van der Waals surface area contributed by atoms with Crippen molar-refractivity contribution in [3.63, 3.8) is 0 Å². The quantitative estimate of drug-likeness (QED) is 0.791. The van der Waals surface area contributed by atoms with Gasteiger partial charge in [-0.1, -0.05) is 11.8 Å². The van der Waals surface area contributed by atoms with Gasteiger partial charge in [0, 0.05) is 17.8 Å². The smallest absolute Gasteiger partial charge is 0.233 e. The number of hydrogen-bond acceptors (Lipinski definition) is 4. The molecule has 1 aromatic heterocycles. The normalized spacial score (nSPS) is 21.1. The highest BCUT2D eigenvalue weighted by molar-refractivity contribution is 8.00. The average molecular weight is 331 g/mol. The van der Waals surface area contributed by atoms with E-state index in [-0.39, 0.29) is 5.91 Å². The molecule has 2 atom stereocenters. The maximum atomic E-state index is 12.6. The maximum absolute atomic E-state index is 12.6. The monoisotopic (exact) mass is 331 g/mol. The molecule has 124 valence electrons. The number of nitriles is 1. The minimum atomic E-state index is 0.149. The SMILES string of the molecule is Cc1nc(SCC(=O)N2[C@H](C)CCC[C@@H]2C)c(C#N)c(C)c1C. The van der Waals surface area contributed by atoms with Crippen LogP contribution in [0.3, 0.4) is 0 Å². The Balaban J connectivity index is 2.15. The summed E-state index contributed by atoms with van der Waals surface area (Å²) in [6.45, 7) is 10.1. The Bertz CT molecular complexity index is 641. The summed E-state index contributed by atoms with van der Waals surface area (Å²) in [4.78, 5) is 19.2. The lowest BCUT2D eigenvalue weighted by Gasteiger charge is -2.39. The fourth-order valence-electron chi connectivity index (χ4n) is 3.26. The van der Waals surface area contributed by atoms with Crippen molar-refractivity contribution >= 4 is 17.7 Å². The minimum Gasteiger partial charge on any atom is -0.337 e. The Labute approximate surface area is 143 Å². The van der Waals surface area contributed by atoms with E-state index in [2.05, 4.69) is 24.9 Å². The second kappa shape index (κ2) is 7.35. The Morgan fingerprint density at radius 3 is 2.43 bits per heavy atom. The number of aromatic nitrogens is 1. The third-order valence-corrected chi connectivity index (χ3v) is 5.85. The molecule has 1 fully saturated rings. The van der Waals surface area contributed by atoms with Gasteiger partial charge in [0.1, 0.15) is 11.1 Å². The van der Waals surface area contributed by atoms with Crippen LogP contribution in [0.25, 0.3) is 0 Å². The highest BCUT2D eigenvalue weighted by Crippen LogP contribution is 2.28. The Morgan fingerprint density at radius 1 is 1.26 bits per heavy atom. The molecule has 4 nitrogen and oxygen atoms in total. The zero-order valence-electron chi connectivity index (χ0n) is 14.6. The number of carbonyl (C=O) groups is 1. The molecular formula is C18H25N3OS. The number of nitrogens with zero attached hydrogens (tertiary/aromatic N) is 3. The topological polar surface area (TPSA) is 57.0 Å². The second-order valence-corrected chi connectivity index (χ2v) is 7.42. The molecule has 5 heteroatoms. The van der Waals surface area contributed by atoms with Crippen LogP contribution in [0, 0.1) is 32.1 Å². The molecule has 1 saturated heterocycles. The van der Waals surface area contributed by atoms with Crippen LogP contribution in [-0.2, 0) is 4.79 Å². The van der Waals surface area contributed by atoms with Crippen LogP contribution >= 0.6 is 11.8 Å². The molecule has 1 aromatic rings. The highest BCUT2D eigenvalue weighted by Gasteiger charge is 2.29. The number of carbonyl (C=O) groups excluding carboxylic acids is 1. The first-order valence-corrected chi connectivity index (χ1v) is 9.17. The van der Waals surface area contributed by atoms with Crippen molar-refractivity contribution in [1.82, 2.24) is 9.88 Å². The molecule has 0 spiro atoms. The summed E-state index contributed by atoms with van der Waals surface area (Å²) in [7, 11) is 0. The lowest BCUT2D eigenvalue weighted by atomic mass is 9.98. The third kappa shape index (κ3) is 3.69. The minimum absolute atomic E-state index is 0.149. The molecule has 1 aliphatic heterocycles. The summed E-state index contributed by atoms with van der Waals surface area (Å²) in [6, 6.07) is 2.85. The molecule has 1 amide bonds. The standard InChI is InChI=1S/C18H25N3OS/c1-11-7-6-8-12(2)21(11)17(22)10-23-18-16(9-19)14(4)13(3)15(5)20-18/h11-12H,6-8,10H2,1-5H3/t11-,12+. The van der Waals surface area contributed by atoms with E-state index in [0.717, 1.165) is 29.7 Å². The van der Waals surface area contributed by atoms with Crippen LogP contribution in [-0.4, -0.2) is 33.6 Å². The van der Waals surface area contributed by atoms with Gasteiger partial charge in [-0.3, -0.25) is 4.79 Å². The zero-order valence-corrected chi connectivity index (χ0v) is 15.5. The van der Waals surface area contributed by atoms with Gasteiger partial charge in [0.15, 0.2) is 0 Å². The number of thioether (sulfide) groups is 1. The predicted molar refractivity (Wildman–Crippen MR) is 93.5 cm³/mol. The van der Waals surface area contributed by atoms with E-state index in [9.17, 15) is 10.1 Å². The van der Waals surface area contributed by atoms with Crippen LogP contribution in [0.1, 0.15) is 55.5 Å². The van der Waals surface area contributed by atoms with Gasteiger partial charge in [0.25, 0.3) is 0 Å². The van der Waals surface area contributed by atoms with Gasteiger partial charge in [-0.15, -0.1) is 0 Å². The molecular weight excluding hydrogens is 306 g/mol. The summed E-state index contributed by atoms with van der Waals surface area (Å²) in [6.07, 6.45) is 3.34. The van der Waals surface area contributed by atoms with Crippen molar-refractivity contribution in [2.24, 2.45) is 0 Å². The van der Waals surface area contributed by atoms with Gasteiger partial charge in [-0.25, -0.2) is 4.98 Å². The van der Waals surface area contributed by atoms with Crippen LogP contribution in [0.4, 0.5) is 0 Å². The molecule has 0 aromatic carbocycles. The number of pyridine rings is 1. The third-order valence-electron chi connectivity index (χ3n) is 4.89. The van der Waals surface area contributed by atoms with Crippen molar-refractivity contribution in [3.05, 3.63) is 22.4 Å². The highest BCUT2D eigenvalue weighted by atomic mass is 32.2. The fraction of sp³-hybridized carbons (Fsp3) is 0.611. The van der Waals surface area contributed by atoms with Crippen LogP contribution in [0.2, 0.25) is 0 Å². The number of aryl methyl sites for hydroxylation is 1. The van der Waals surface area contributed by atoms with Crippen molar-refractivity contribution in [2.75, 3.05) is 5.75 Å². The van der Waals surface area contributed by atoms with E-state index in [1.54, 1.807) is 0 Å². The van der Waals surface area contributed by atoms with E-state index < -0.39 is 0 Å². The van der Waals surface area contributed by atoms with Crippen LogP contribution in [0.5, 0.6) is 0 Å². The first kappa shape index (κ1) is 17.8. The molecule has 1 aliphatic rings. The molecule has 0 aliphatic carbocycles. The molecule has 0 saturated carbocycles. The van der Waals surface area contributed by atoms with Gasteiger partial charge >= 0.3 is 0 Å². The fourth-order valence-corrected chi connectivity index (χ4v) is 4.22. The van der Waals surface area contributed by atoms with Crippen LogP contribution < -0.4 is 0 Å². The van der Waals surface area contributed by atoms with Gasteiger partial charge in [-0.05, 0) is 65.0 Å². The molecule has 0 N–H and O–H groups in total. The van der Waals surface area contributed by atoms with Crippen molar-refractivity contribution < 1.29 is 4.79 Å². The van der Waals surface area contributed by atoms with E-state index in [0.29, 0.717) is 28.4 Å². The molecule has 2 rings (SSSR count). The van der Waals surface area contributed by atoms with Crippen molar-refractivity contribution in [2.45, 2.75) is 71.0 Å². The molecule has 2 heterocycles. The second-order valence-electron chi connectivity index (χ2n) is 6.46. The first-order chi connectivity index (χ1) is 10.9. The molecule has 23 heavy (non-hydrogen) atoms. The number of piperidine rings is 1. The average Bonchev–Trinajstić information content (AvgIpc) is 2.50.